The molecule has 1 amide bonds. The van der Waals surface area contributed by atoms with E-state index < -0.39 is 28.8 Å². The second kappa shape index (κ2) is 6.49. The number of aromatic nitrogens is 1. The molecule has 2 heterocycles. The Morgan fingerprint density at radius 3 is 2.19 bits per heavy atom. The molecular weight excluding hydrogens is 429 g/mol. The van der Waals surface area contributed by atoms with Crippen LogP contribution in [-0.4, -0.2) is 39.3 Å². The van der Waals surface area contributed by atoms with Crippen LogP contribution >= 0.6 is 15.9 Å². The normalized spacial score (nSPS) is 18.5. The summed E-state index contributed by atoms with van der Waals surface area (Å²) in [6.07, 6.45) is -2.66. The minimum atomic E-state index is -4.49. The van der Waals surface area contributed by atoms with Gasteiger partial charge in [0.2, 0.25) is 0 Å². The lowest BCUT2D eigenvalue weighted by molar-refractivity contribution is -0.138. The van der Waals surface area contributed by atoms with Crippen molar-refractivity contribution in [2.45, 2.75) is 18.7 Å². The molecule has 3 rings (SSSR count). The molecule has 1 aliphatic rings. The van der Waals surface area contributed by atoms with Crippen LogP contribution in [0.3, 0.4) is 0 Å². The molecule has 1 aliphatic heterocycles. The zero-order valence-corrected chi connectivity index (χ0v) is 15.8. The maximum atomic E-state index is 12.9. The number of benzene rings is 1. The van der Waals surface area contributed by atoms with Crippen molar-refractivity contribution in [3.8, 4) is 0 Å². The van der Waals surface area contributed by atoms with Crippen molar-refractivity contribution in [2.24, 2.45) is 5.41 Å². The highest BCUT2D eigenvalue weighted by atomic mass is 79.9. The van der Waals surface area contributed by atoms with Crippen LogP contribution in [0.5, 0.6) is 0 Å². The van der Waals surface area contributed by atoms with Gasteiger partial charge in [0.1, 0.15) is 5.60 Å². The van der Waals surface area contributed by atoms with Crippen LogP contribution in [0.4, 0.5) is 18.0 Å². The van der Waals surface area contributed by atoms with Crippen molar-refractivity contribution >= 4 is 22.0 Å². The average Bonchev–Trinajstić information content (AvgIpc) is 2.57. The smallest absolute Gasteiger partial charge is 0.416 e. The maximum Gasteiger partial charge on any atom is 0.416 e. The predicted octanol–water partition coefficient (Wildman–Crippen LogP) is 4.10. The lowest BCUT2D eigenvalue weighted by Gasteiger charge is -2.55. The molecule has 5 nitrogen and oxygen atoms in total. The second-order valence-corrected chi connectivity index (χ2v) is 7.79. The van der Waals surface area contributed by atoms with Crippen LogP contribution in [0.2, 0.25) is 0 Å². The molecule has 1 aromatic carbocycles. The standard InChI is InChI=1S/C18H16BrF3N2O3/c1-16(9-24(10-16)15(25)26)17(27,13-6-14(19)8-23-7-13)11-2-4-12(5-3-11)18(20,21)22/h2-8,27H,9-10H2,1H3,(H,25,26)/t17-/m0/s1. The summed E-state index contributed by atoms with van der Waals surface area (Å²) in [5.41, 5.74) is -2.88. The zero-order chi connectivity index (χ0) is 20.0. The monoisotopic (exact) mass is 444 g/mol. The summed E-state index contributed by atoms with van der Waals surface area (Å²) in [4.78, 5) is 16.4. The van der Waals surface area contributed by atoms with Gasteiger partial charge in [-0.25, -0.2) is 4.79 Å². The van der Waals surface area contributed by atoms with Crippen molar-refractivity contribution < 1.29 is 28.2 Å². The summed E-state index contributed by atoms with van der Waals surface area (Å²) >= 11 is 3.28. The van der Waals surface area contributed by atoms with Gasteiger partial charge < -0.3 is 15.1 Å². The van der Waals surface area contributed by atoms with Crippen LogP contribution in [0, 0.1) is 5.41 Å². The quantitative estimate of drug-likeness (QED) is 0.747. The first-order chi connectivity index (χ1) is 12.5. The second-order valence-electron chi connectivity index (χ2n) is 6.88. The summed E-state index contributed by atoms with van der Waals surface area (Å²) in [6.45, 7) is 1.77. The third-order valence-electron chi connectivity index (χ3n) is 4.98. The molecule has 1 atom stereocenters. The van der Waals surface area contributed by atoms with Gasteiger partial charge in [0.05, 0.1) is 5.56 Å². The Morgan fingerprint density at radius 1 is 1.15 bits per heavy atom. The van der Waals surface area contributed by atoms with Crippen molar-refractivity contribution in [1.29, 1.82) is 0 Å². The molecule has 9 heteroatoms. The Hall–Kier alpha value is -2.13. The van der Waals surface area contributed by atoms with Gasteiger partial charge in [-0.05, 0) is 39.7 Å². The molecule has 0 bridgehead atoms. The minimum Gasteiger partial charge on any atom is -0.465 e. The van der Waals surface area contributed by atoms with E-state index in [9.17, 15) is 23.1 Å². The highest BCUT2D eigenvalue weighted by Gasteiger charge is 2.57. The van der Waals surface area contributed by atoms with E-state index >= 15 is 0 Å². The molecule has 144 valence electrons. The van der Waals surface area contributed by atoms with Crippen LogP contribution in [0.25, 0.3) is 0 Å². The Balaban J connectivity index is 2.10. The molecule has 2 N–H and O–H groups in total. The van der Waals surface area contributed by atoms with E-state index in [4.69, 9.17) is 5.11 Å². The number of alkyl halides is 3. The number of hydrogen-bond donors (Lipinski definition) is 2. The number of rotatable bonds is 3. The largest absolute Gasteiger partial charge is 0.465 e. The molecule has 1 saturated heterocycles. The first-order valence-electron chi connectivity index (χ1n) is 7.96. The Labute approximate surface area is 161 Å². The van der Waals surface area contributed by atoms with E-state index in [2.05, 4.69) is 20.9 Å². The molecule has 27 heavy (non-hydrogen) atoms. The van der Waals surface area contributed by atoms with Crippen LogP contribution in [0.1, 0.15) is 23.6 Å². The van der Waals surface area contributed by atoms with E-state index in [0.717, 1.165) is 17.0 Å². The van der Waals surface area contributed by atoms with Crippen molar-refractivity contribution in [1.82, 2.24) is 9.88 Å². The number of pyridine rings is 1. The summed E-state index contributed by atoms with van der Waals surface area (Å²) in [7, 11) is 0. The summed E-state index contributed by atoms with van der Waals surface area (Å²) in [5.74, 6) is 0. The van der Waals surface area contributed by atoms with E-state index in [1.165, 1.54) is 24.5 Å². The third-order valence-corrected chi connectivity index (χ3v) is 5.41. The average molecular weight is 445 g/mol. The van der Waals surface area contributed by atoms with E-state index in [-0.39, 0.29) is 18.7 Å². The van der Waals surface area contributed by atoms with Gasteiger partial charge in [-0.1, -0.05) is 19.1 Å². The summed E-state index contributed by atoms with van der Waals surface area (Å²) in [5, 5.41) is 20.8. The summed E-state index contributed by atoms with van der Waals surface area (Å²) < 4.78 is 39.3. The number of carboxylic acid groups (broad SMARTS) is 1. The molecule has 0 unspecified atom stereocenters. The van der Waals surface area contributed by atoms with Gasteiger partial charge >= 0.3 is 12.3 Å². The zero-order valence-electron chi connectivity index (χ0n) is 14.2. The Kier molecular flexibility index (Phi) is 4.72. The molecule has 1 fully saturated rings. The molecule has 0 spiro atoms. The van der Waals surface area contributed by atoms with E-state index in [0.29, 0.717) is 10.0 Å². The Morgan fingerprint density at radius 2 is 1.70 bits per heavy atom. The number of nitrogens with zero attached hydrogens (tertiary/aromatic N) is 2. The number of likely N-dealkylation sites (tertiary alicyclic amines) is 1. The fourth-order valence-electron chi connectivity index (χ4n) is 3.53. The van der Waals surface area contributed by atoms with E-state index in [1.54, 1.807) is 13.0 Å². The summed E-state index contributed by atoms with van der Waals surface area (Å²) in [6, 6.07) is 5.88. The van der Waals surface area contributed by atoms with Gasteiger partial charge in [-0.15, -0.1) is 0 Å². The molecule has 2 aromatic rings. The van der Waals surface area contributed by atoms with Gasteiger partial charge in [-0.3, -0.25) is 4.98 Å². The van der Waals surface area contributed by atoms with Crippen molar-refractivity contribution in [3.63, 3.8) is 0 Å². The maximum absolute atomic E-state index is 12.9. The van der Waals surface area contributed by atoms with Gasteiger partial charge in [0.25, 0.3) is 0 Å². The van der Waals surface area contributed by atoms with E-state index in [1.807, 2.05) is 0 Å². The molecule has 0 saturated carbocycles. The molecule has 1 aromatic heterocycles. The highest BCUT2D eigenvalue weighted by Crippen LogP contribution is 2.51. The first kappa shape index (κ1) is 19.6. The Bertz CT molecular complexity index is 867. The number of amides is 1. The fraction of sp³-hybridized carbons (Fsp3) is 0.333. The number of aliphatic hydroxyl groups is 1. The fourth-order valence-corrected chi connectivity index (χ4v) is 3.90. The van der Waals surface area contributed by atoms with Gasteiger partial charge in [0, 0.05) is 40.9 Å². The predicted molar refractivity (Wildman–Crippen MR) is 94.1 cm³/mol. The third kappa shape index (κ3) is 3.29. The number of halogens is 4. The van der Waals surface area contributed by atoms with Crippen LogP contribution in [0.15, 0.2) is 47.2 Å². The van der Waals surface area contributed by atoms with Crippen molar-refractivity contribution in [2.75, 3.05) is 13.1 Å². The van der Waals surface area contributed by atoms with Crippen LogP contribution in [-0.2, 0) is 11.8 Å². The lowest BCUT2D eigenvalue weighted by Crippen LogP contribution is -2.66. The SMILES string of the molecule is CC1([C@](O)(c2ccc(C(F)(F)F)cc2)c2cncc(Br)c2)CN(C(=O)O)C1. The molecular formula is C18H16BrF3N2O3. The number of hydrogen-bond acceptors (Lipinski definition) is 3. The first-order valence-corrected chi connectivity index (χ1v) is 8.76. The number of carbonyl (C=O) groups is 1. The minimum absolute atomic E-state index is 0.0341. The topological polar surface area (TPSA) is 73.7 Å². The van der Waals surface area contributed by atoms with Crippen LogP contribution < -0.4 is 0 Å². The van der Waals surface area contributed by atoms with Crippen molar-refractivity contribution in [3.05, 3.63) is 63.9 Å². The van der Waals surface area contributed by atoms with Gasteiger partial charge in [-0.2, -0.15) is 13.2 Å². The molecule has 0 radical (unpaired) electrons. The lowest BCUT2D eigenvalue weighted by atomic mass is 9.62. The highest BCUT2D eigenvalue weighted by molar-refractivity contribution is 9.10. The molecule has 0 aliphatic carbocycles. The van der Waals surface area contributed by atoms with Gasteiger partial charge in [0.15, 0.2) is 0 Å².